The molecule has 12 heteroatoms. The Balaban J connectivity index is 1.13. The maximum atomic E-state index is 12.8. The molecule has 1 aromatic heterocycles. The number of hydrogen-bond acceptors (Lipinski definition) is 7. The Labute approximate surface area is 264 Å². The van der Waals surface area contributed by atoms with Crippen LogP contribution in [0.25, 0.3) is 17.1 Å². The average Bonchev–Trinajstić information content (AvgIpc) is 3.63. The van der Waals surface area contributed by atoms with Gasteiger partial charge in [-0.1, -0.05) is 68.9 Å². The van der Waals surface area contributed by atoms with Crippen LogP contribution in [0, 0.1) is 6.92 Å². The van der Waals surface area contributed by atoms with Crippen molar-refractivity contribution in [2.24, 2.45) is 4.99 Å². The minimum atomic E-state index is -4.74. The minimum absolute atomic E-state index is 0.0545. The first-order valence-electron chi connectivity index (χ1n) is 14.7. The van der Waals surface area contributed by atoms with Gasteiger partial charge in [0.2, 0.25) is 5.91 Å². The molecule has 3 aromatic carbocycles. The molecule has 1 atom stereocenters. The molecule has 8 nitrogen and oxygen atoms in total. The molecule has 4 aromatic rings. The summed E-state index contributed by atoms with van der Waals surface area (Å²) in [5, 5.41) is 8.60. The van der Waals surface area contributed by atoms with Crippen molar-refractivity contribution in [2.45, 2.75) is 52.3 Å². The Bertz CT molecular complexity index is 1650. The quantitative estimate of drug-likeness (QED) is 0.172. The van der Waals surface area contributed by atoms with Crippen LogP contribution in [0.15, 0.2) is 78.0 Å². The summed E-state index contributed by atoms with van der Waals surface area (Å²) < 4.78 is 42.7. The molecular formula is C33H35F3N6O2S. The van der Waals surface area contributed by atoms with Crippen molar-refractivity contribution in [3.05, 3.63) is 89.7 Å². The number of benzene rings is 3. The van der Waals surface area contributed by atoms with E-state index in [1.165, 1.54) is 52.6 Å². The number of rotatable bonds is 11. The van der Waals surface area contributed by atoms with Crippen molar-refractivity contribution in [3.63, 3.8) is 0 Å². The van der Waals surface area contributed by atoms with Gasteiger partial charge in [-0.3, -0.25) is 15.0 Å². The highest BCUT2D eigenvalue weighted by Crippen LogP contribution is 2.34. The van der Waals surface area contributed by atoms with E-state index in [2.05, 4.69) is 71.2 Å². The number of carbonyl (C=O) groups excluding carboxylic acids is 1. The largest absolute Gasteiger partial charge is 0.573 e. The van der Waals surface area contributed by atoms with Crippen LogP contribution in [0.3, 0.4) is 0 Å². The predicted octanol–water partition coefficient (Wildman–Crippen LogP) is 7.44. The van der Waals surface area contributed by atoms with E-state index in [0.717, 1.165) is 40.5 Å². The Morgan fingerprint density at radius 2 is 1.78 bits per heavy atom. The number of aliphatic imine (C=N–C) groups is 1. The van der Waals surface area contributed by atoms with Crippen LogP contribution in [-0.2, 0) is 4.79 Å². The predicted molar refractivity (Wildman–Crippen MR) is 172 cm³/mol. The van der Waals surface area contributed by atoms with E-state index in [4.69, 9.17) is 4.99 Å². The number of ether oxygens (including phenoxy) is 1. The summed E-state index contributed by atoms with van der Waals surface area (Å²) in [4.78, 5) is 23.6. The van der Waals surface area contributed by atoms with Gasteiger partial charge in [0.05, 0.1) is 23.8 Å². The number of halogens is 3. The molecule has 0 radical (unpaired) electrons. The van der Waals surface area contributed by atoms with Crippen LogP contribution in [0.1, 0.15) is 55.7 Å². The molecule has 45 heavy (non-hydrogen) atoms. The number of thioether (sulfide) groups is 1. The topological polar surface area (TPSA) is 84.6 Å². The summed E-state index contributed by atoms with van der Waals surface area (Å²) in [6, 6.07) is 19.7. The summed E-state index contributed by atoms with van der Waals surface area (Å²) in [6.45, 7) is 9.65. The summed E-state index contributed by atoms with van der Waals surface area (Å²) in [7, 11) is 0. The molecule has 5 rings (SSSR count). The maximum Gasteiger partial charge on any atom is 0.573 e. The summed E-state index contributed by atoms with van der Waals surface area (Å²) in [6.07, 6.45) is -2.32. The lowest BCUT2D eigenvalue weighted by Gasteiger charge is -2.22. The lowest BCUT2D eigenvalue weighted by atomic mass is 9.97. The molecule has 0 bridgehead atoms. The molecule has 0 spiro atoms. The normalized spacial score (nSPS) is 15.3. The van der Waals surface area contributed by atoms with Gasteiger partial charge in [0.15, 0.2) is 11.0 Å². The third-order valence-electron chi connectivity index (χ3n) is 7.46. The van der Waals surface area contributed by atoms with Crippen molar-refractivity contribution < 1.29 is 22.7 Å². The number of hydrogen-bond donors (Lipinski definition) is 1. The molecule has 1 aliphatic rings. The third-order valence-corrected chi connectivity index (χ3v) is 8.42. The van der Waals surface area contributed by atoms with Crippen LogP contribution in [0.4, 0.5) is 18.9 Å². The van der Waals surface area contributed by atoms with Crippen molar-refractivity contribution >= 4 is 28.5 Å². The van der Waals surface area contributed by atoms with Crippen molar-refractivity contribution in [1.29, 1.82) is 0 Å². The number of amides is 1. The lowest BCUT2D eigenvalue weighted by molar-refractivity contribution is -0.274. The summed E-state index contributed by atoms with van der Waals surface area (Å²) in [5.74, 6) is 1.24. The first-order chi connectivity index (χ1) is 21.5. The van der Waals surface area contributed by atoms with Crippen molar-refractivity contribution in [1.82, 2.24) is 20.1 Å². The van der Waals surface area contributed by atoms with E-state index in [1.54, 1.807) is 4.90 Å². The van der Waals surface area contributed by atoms with Crippen molar-refractivity contribution in [2.75, 3.05) is 23.9 Å². The lowest BCUT2D eigenvalue weighted by Crippen LogP contribution is -2.31. The molecule has 236 valence electrons. The Kier molecular flexibility index (Phi) is 9.93. The van der Waals surface area contributed by atoms with Crippen LogP contribution in [0.2, 0.25) is 0 Å². The number of nitrogens with zero attached hydrogens (tertiary/aromatic N) is 5. The van der Waals surface area contributed by atoms with Gasteiger partial charge in [-0.25, -0.2) is 14.7 Å². The fourth-order valence-corrected chi connectivity index (χ4v) is 5.89. The Morgan fingerprint density at radius 1 is 1.04 bits per heavy atom. The van der Waals surface area contributed by atoms with Crippen molar-refractivity contribution in [3.8, 4) is 22.8 Å². The molecule has 1 unspecified atom stereocenters. The molecule has 2 heterocycles. The highest BCUT2D eigenvalue weighted by atomic mass is 32.2. The first-order valence-corrected chi connectivity index (χ1v) is 15.7. The summed E-state index contributed by atoms with van der Waals surface area (Å²) >= 11 is 1.48. The van der Waals surface area contributed by atoms with Gasteiger partial charge in [-0.05, 0) is 78.7 Å². The molecule has 0 aliphatic carbocycles. The number of aryl methyl sites for hydroxylation is 1. The third kappa shape index (κ3) is 8.12. The monoisotopic (exact) mass is 636 g/mol. The second-order valence-electron chi connectivity index (χ2n) is 11.2. The standard InChI is InChI=1S/C33H35F3N6O2S/c1-21(2)28-14-5-22(3)17-29(28)42-30(43)18-45-32(42)38-19-37-16-15-23(4)24-6-8-25(9-7-24)31-39-20-41(40-31)26-10-12-27(13-11-26)44-33(34,35)36/h5-14,17,20-21,23,37H,15-16,18-19H2,1-4H3. The first kappa shape index (κ1) is 32.2. The molecule has 1 N–H and O–H groups in total. The van der Waals surface area contributed by atoms with E-state index >= 15 is 0 Å². The number of nitrogens with one attached hydrogen (secondary N) is 1. The van der Waals surface area contributed by atoms with E-state index in [1.807, 2.05) is 19.1 Å². The van der Waals surface area contributed by atoms with E-state index in [0.29, 0.717) is 35.8 Å². The summed E-state index contributed by atoms with van der Waals surface area (Å²) in [5.41, 5.74) is 5.73. The maximum absolute atomic E-state index is 12.8. The van der Waals surface area contributed by atoms with Gasteiger partial charge in [-0.2, -0.15) is 0 Å². The number of aromatic nitrogens is 3. The molecule has 1 aliphatic heterocycles. The van der Waals surface area contributed by atoms with Crippen LogP contribution >= 0.6 is 11.8 Å². The highest BCUT2D eigenvalue weighted by molar-refractivity contribution is 8.15. The van der Waals surface area contributed by atoms with E-state index in [9.17, 15) is 18.0 Å². The van der Waals surface area contributed by atoms with E-state index < -0.39 is 6.36 Å². The molecule has 0 saturated carbocycles. The fourth-order valence-electron chi connectivity index (χ4n) is 5.02. The SMILES string of the molecule is Cc1ccc(C(C)C)c(N2C(=O)CSC2=NCNCCC(C)c2ccc(-c3ncn(-c4ccc(OC(F)(F)F)cc4)n3)cc2)c1. The van der Waals surface area contributed by atoms with Gasteiger partial charge < -0.3 is 4.74 Å². The zero-order valence-corrected chi connectivity index (χ0v) is 26.3. The van der Waals surface area contributed by atoms with Crippen LogP contribution in [-0.4, -0.2) is 51.2 Å². The number of anilines is 1. The molecule has 1 saturated heterocycles. The number of carbonyl (C=O) groups is 1. The highest BCUT2D eigenvalue weighted by Gasteiger charge is 2.32. The second-order valence-corrected chi connectivity index (χ2v) is 12.1. The smallest absolute Gasteiger partial charge is 0.406 e. The fraction of sp³-hybridized carbons (Fsp3) is 0.333. The average molecular weight is 637 g/mol. The number of alkyl halides is 3. The zero-order valence-electron chi connectivity index (χ0n) is 25.5. The minimum Gasteiger partial charge on any atom is -0.406 e. The zero-order chi connectivity index (χ0) is 32.1. The van der Waals surface area contributed by atoms with Gasteiger partial charge in [0.25, 0.3) is 0 Å². The Morgan fingerprint density at radius 3 is 2.47 bits per heavy atom. The number of amidine groups is 1. The van der Waals surface area contributed by atoms with E-state index in [-0.39, 0.29) is 11.7 Å². The van der Waals surface area contributed by atoms with Gasteiger partial charge in [0, 0.05) is 5.56 Å². The van der Waals surface area contributed by atoms with Gasteiger partial charge >= 0.3 is 6.36 Å². The Hall–Kier alpha value is -4.16. The van der Waals surface area contributed by atoms with Gasteiger partial charge in [-0.15, -0.1) is 18.3 Å². The van der Waals surface area contributed by atoms with Gasteiger partial charge in [0.1, 0.15) is 12.1 Å². The molecule has 1 amide bonds. The van der Waals surface area contributed by atoms with Crippen LogP contribution < -0.4 is 15.0 Å². The molecular weight excluding hydrogens is 601 g/mol. The second kappa shape index (κ2) is 13.9. The van der Waals surface area contributed by atoms with Crippen LogP contribution in [0.5, 0.6) is 5.75 Å². The molecule has 1 fully saturated rings.